The van der Waals surface area contributed by atoms with Gasteiger partial charge in [0, 0.05) is 31.3 Å². The summed E-state index contributed by atoms with van der Waals surface area (Å²) in [6.45, 7) is 1.85. The molecular weight excluding hydrogens is 610 g/mol. The summed E-state index contributed by atoms with van der Waals surface area (Å²) in [5, 5.41) is 9.05. The van der Waals surface area contributed by atoms with Crippen molar-refractivity contribution in [3.05, 3.63) is 129 Å². The Balaban J connectivity index is 1.45. The first-order chi connectivity index (χ1) is 19.3. The standard InChI is InChI=1S/C31H25BrClN3O3S/c1-20-26(33)11-6-12-27(20)35-29(37)19-40-25-10-5-9-24(18-25)34-31(39)28(17-21-13-15-23(32)16-14-21)36-30(38)22-7-3-2-4-8-22/h2-18H,19H2,1H3,(H,34,39)(H,35,37)(H,36,38)/b28-17+. The predicted octanol–water partition coefficient (Wildman–Crippen LogP) is 7.55. The molecule has 0 atom stereocenters. The van der Waals surface area contributed by atoms with E-state index >= 15 is 0 Å². The average molecular weight is 635 g/mol. The monoisotopic (exact) mass is 633 g/mol. The molecule has 4 aromatic carbocycles. The largest absolute Gasteiger partial charge is 0.325 e. The molecule has 0 radical (unpaired) electrons. The van der Waals surface area contributed by atoms with Gasteiger partial charge in [0.15, 0.2) is 0 Å². The lowest BCUT2D eigenvalue weighted by atomic mass is 10.1. The second-order valence-electron chi connectivity index (χ2n) is 8.66. The molecule has 0 heterocycles. The Labute approximate surface area is 250 Å². The summed E-state index contributed by atoms with van der Waals surface area (Å²) < 4.78 is 0.898. The number of hydrogen-bond donors (Lipinski definition) is 3. The molecule has 0 fully saturated rings. The van der Waals surface area contributed by atoms with Gasteiger partial charge in [-0.05, 0) is 78.7 Å². The Morgan fingerprint density at radius 3 is 2.35 bits per heavy atom. The van der Waals surface area contributed by atoms with E-state index in [-0.39, 0.29) is 17.4 Å². The first kappa shape index (κ1) is 29.1. The molecule has 9 heteroatoms. The molecule has 4 aromatic rings. The second-order valence-corrected chi connectivity index (χ2v) is 11.0. The van der Waals surface area contributed by atoms with E-state index in [1.807, 2.05) is 43.3 Å². The van der Waals surface area contributed by atoms with Crippen molar-refractivity contribution in [1.29, 1.82) is 0 Å². The van der Waals surface area contributed by atoms with Crippen molar-refractivity contribution in [1.82, 2.24) is 5.32 Å². The number of amides is 3. The zero-order valence-electron chi connectivity index (χ0n) is 21.4. The molecule has 3 amide bonds. The fraction of sp³-hybridized carbons (Fsp3) is 0.0645. The van der Waals surface area contributed by atoms with E-state index in [4.69, 9.17) is 11.6 Å². The zero-order valence-corrected chi connectivity index (χ0v) is 24.6. The van der Waals surface area contributed by atoms with Crippen LogP contribution >= 0.6 is 39.3 Å². The minimum Gasteiger partial charge on any atom is -0.325 e. The maximum Gasteiger partial charge on any atom is 0.272 e. The van der Waals surface area contributed by atoms with Gasteiger partial charge in [-0.2, -0.15) is 0 Å². The summed E-state index contributed by atoms with van der Waals surface area (Å²) in [5.74, 6) is -0.883. The quantitative estimate of drug-likeness (QED) is 0.131. The van der Waals surface area contributed by atoms with Crippen LogP contribution in [0.25, 0.3) is 6.08 Å². The summed E-state index contributed by atoms with van der Waals surface area (Å²) in [5.41, 5.74) is 3.26. The van der Waals surface area contributed by atoms with Crippen molar-refractivity contribution in [2.24, 2.45) is 0 Å². The van der Waals surface area contributed by atoms with Gasteiger partial charge < -0.3 is 16.0 Å². The van der Waals surface area contributed by atoms with Gasteiger partial charge in [0.2, 0.25) is 5.91 Å². The van der Waals surface area contributed by atoms with E-state index in [0.717, 1.165) is 20.5 Å². The van der Waals surface area contributed by atoms with E-state index in [9.17, 15) is 14.4 Å². The number of rotatable bonds is 9. The highest BCUT2D eigenvalue weighted by atomic mass is 79.9. The van der Waals surface area contributed by atoms with Gasteiger partial charge in [0.1, 0.15) is 5.70 Å². The van der Waals surface area contributed by atoms with Gasteiger partial charge in [-0.25, -0.2) is 0 Å². The van der Waals surface area contributed by atoms with Gasteiger partial charge in [0.05, 0.1) is 5.75 Å². The zero-order chi connectivity index (χ0) is 28.5. The van der Waals surface area contributed by atoms with Crippen molar-refractivity contribution in [2.45, 2.75) is 11.8 Å². The Morgan fingerprint density at radius 2 is 1.60 bits per heavy atom. The number of hydrogen-bond acceptors (Lipinski definition) is 4. The normalized spacial score (nSPS) is 11.0. The highest BCUT2D eigenvalue weighted by molar-refractivity contribution is 9.10. The van der Waals surface area contributed by atoms with Crippen molar-refractivity contribution in [2.75, 3.05) is 16.4 Å². The van der Waals surface area contributed by atoms with Crippen molar-refractivity contribution < 1.29 is 14.4 Å². The maximum atomic E-state index is 13.3. The van der Waals surface area contributed by atoms with Gasteiger partial charge in [-0.15, -0.1) is 11.8 Å². The topological polar surface area (TPSA) is 87.3 Å². The van der Waals surface area contributed by atoms with Crippen LogP contribution in [-0.4, -0.2) is 23.5 Å². The van der Waals surface area contributed by atoms with Gasteiger partial charge >= 0.3 is 0 Å². The van der Waals surface area contributed by atoms with E-state index in [2.05, 4.69) is 31.9 Å². The number of thioether (sulfide) groups is 1. The molecule has 3 N–H and O–H groups in total. The van der Waals surface area contributed by atoms with Crippen LogP contribution in [0.4, 0.5) is 11.4 Å². The second kappa shape index (κ2) is 14.0. The molecule has 202 valence electrons. The Kier molecular flexibility index (Phi) is 10.2. The van der Waals surface area contributed by atoms with E-state index < -0.39 is 11.8 Å². The number of carbonyl (C=O) groups is 3. The number of carbonyl (C=O) groups excluding carboxylic acids is 3. The van der Waals surface area contributed by atoms with Gasteiger partial charge in [-0.1, -0.05) is 70.0 Å². The van der Waals surface area contributed by atoms with Crippen molar-refractivity contribution in [3.8, 4) is 0 Å². The molecule has 0 aromatic heterocycles. The third kappa shape index (κ3) is 8.32. The third-order valence-corrected chi connectivity index (χ3v) is 7.65. The van der Waals surface area contributed by atoms with Crippen molar-refractivity contribution in [3.63, 3.8) is 0 Å². The molecule has 0 spiro atoms. The third-order valence-electron chi connectivity index (χ3n) is 5.71. The molecule has 0 unspecified atom stereocenters. The van der Waals surface area contributed by atoms with Crippen LogP contribution in [0.2, 0.25) is 5.02 Å². The SMILES string of the molecule is Cc1c(Cl)cccc1NC(=O)CSc1cccc(NC(=O)/C(=C\c2ccc(Br)cc2)NC(=O)c2ccccc2)c1. The minimum atomic E-state index is -0.483. The smallest absolute Gasteiger partial charge is 0.272 e. The van der Waals surface area contributed by atoms with Crippen LogP contribution < -0.4 is 16.0 Å². The van der Waals surface area contributed by atoms with Crippen LogP contribution in [0.3, 0.4) is 0 Å². The summed E-state index contributed by atoms with van der Waals surface area (Å²) >= 11 is 10.9. The predicted molar refractivity (Wildman–Crippen MR) is 167 cm³/mol. The average Bonchev–Trinajstić information content (AvgIpc) is 2.96. The molecule has 0 saturated heterocycles. The summed E-state index contributed by atoms with van der Waals surface area (Å²) in [4.78, 5) is 39.5. The van der Waals surface area contributed by atoms with Crippen LogP contribution in [0.5, 0.6) is 0 Å². The highest BCUT2D eigenvalue weighted by Gasteiger charge is 2.16. The lowest BCUT2D eigenvalue weighted by Gasteiger charge is -2.12. The molecule has 6 nitrogen and oxygen atoms in total. The highest BCUT2D eigenvalue weighted by Crippen LogP contribution is 2.25. The first-order valence-corrected chi connectivity index (χ1v) is 14.4. The summed E-state index contributed by atoms with van der Waals surface area (Å²) in [7, 11) is 0. The molecule has 0 aliphatic rings. The number of nitrogens with one attached hydrogen (secondary N) is 3. The Bertz CT molecular complexity index is 1560. The van der Waals surface area contributed by atoms with Crippen LogP contribution in [0, 0.1) is 6.92 Å². The van der Waals surface area contributed by atoms with E-state index in [1.165, 1.54) is 11.8 Å². The van der Waals surface area contributed by atoms with Gasteiger partial charge in [0.25, 0.3) is 11.8 Å². The molecule has 0 bridgehead atoms. The van der Waals surface area contributed by atoms with Crippen LogP contribution in [0.1, 0.15) is 21.5 Å². The Hall–Kier alpha value is -3.85. The molecule has 0 aliphatic heterocycles. The lowest BCUT2D eigenvalue weighted by molar-refractivity contribution is -0.114. The summed E-state index contributed by atoms with van der Waals surface area (Å²) in [6.07, 6.45) is 1.61. The number of halogens is 2. The first-order valence-electron chi connectivity index (χ1n) is 12.2. The molecular formula is C31H25BrClN3O3S. The fourth-order valence-corrected chi connectivity index (χ4v) is 4.80. The summed E-state index contributed by atoms with van der Waals surface area (Å²) in [6, 6.07) is 28.6. The molecule has 0 saturated carbocycles. The van der Waals surface area contributed by atoms with Crippen LogP contribution in [-0.2, 0) is 9.59 Å². The molecule has 40 heavy (non-hydrogen) atoms. The fourth-order valence-electron chi connectivity index (χ4n) is 3.61. The molecule has 0 aliphatic carbocycles. The van der Waals surface area contributed by atoms with E-state index in [1.54, 1.807) is 66.7 Å². The van der Waals surface area contributed by atoms with E-state index in [0.29, 0.717) is 22.0 Å². The number of benzene rings is 4. The molecule has 4 rings (SSSR count). The number of anilines is 2. The van der Waals surface area contributed by atoms with Gasteiger partial charge in [-0.3, -0.25) is 14.4 Å². The van der Waals surface area contributed by atoms with Crippen molar-refractivity contribution >= 4 is 74.5 Å². The van der Waals surface area contributed by atoms with Crippen LogP contribution in [0.15, 0.2) is 112 Å². The lowest BCUT2D eigenvalue weighted by Crippen LogP contribution is -2.30. The Morgan fingerprint density at radius 1 is 0.875 bits per heavy atom. The minimum absolute atomic E-state index is 0.0884. The maximum absolute atomic E-state index is 13.3.